The molecular weight excluding hydrogens is 282 g/mol. The second-order valence-electron chi connectivity index (χ2n) is 5.38. The number of carbonyl (C=O) groups excluding carboxylic acids is 1. The maximum Gasteiger partial charge on any atom is 0.177 e. The van der Waals surface area contributed by atoms with Crippen molar-refractivity contribution >= 4 is 17.4 Å². The highest BCUT2D eigenvalue weighted by atomic mass is 35.5. The number of Topliss-reactive ketones (excluding diaryl/α,β-unsaturated/α-hetero) is 1. The molecule has 21 heavy (non-hydrogen) atoms. The maximum absolute atomic E-state index is 12.4. The Morgan fingerprint density at radius 2 is 1.76 bits per heavy atom. The summed E-state index contributed by atoms with van der Waals surface area (Å²) >= 11 is 5.91. The van der Waals surface area contributed by atoms with E-state index in [9.17, 15) is 4.79 Å². The van der Waals surface area contributed by atoms with Gasteiger partial charge in [-0.3, -0.25) is 9.69 Å². The highest BCUT2D eigenvalue weighted by Crippen LogP contribution is 2.21. The van der Waals surface area contributed by atoms with E-state index in [0.717, 1.165) is 21.7 Å². The van der Waals surface area contributed by atoms with Crippen LogP contribution in [0.1, 0.15) is 34.5 Å². The maximum atomic E-state index is 12.4. The minimum atomic E-state index is 0.149. The zero-order valence-electron chi connectivity index (χ0n) is 12.6. The van der Waals surface area contributed by atoms with Crippen LogP contribution in [0.5, 0.6) is 0 Å². The Morgan fingerprint density at radius 1 is 1.14 bits per heavy atom. The Bertz CT molecular complexity index is 621. The number of rotatable bonds is 5. The number of nitrogens with zero attached hydrogens (tertiary/aromatic N) is 1. The molecule has 0 aromatic heterocycles. The number of hydrogen-bond donors (Lipinski definition) is 0. The van der Waals surface area contributed by atoms with Gasteiger partial charge in [-0.15, -0.1) is 0 Å². The summed E-state index contributed by atoms with van der Waals surface area (Å²) in [7, 11) is 1.97. The molecule has 2 aromatic carbocycles. The van der Waals surface area contributed by atoms with E-state index in [4.69, 9.17) is 11.6 Å². The van der Waals surface area contributed by atoms with Crippen LogP contribution in [0.2, 0.25) is 5.02 Å². The van der Waals surface area contributed by atoms with Crippen LogP contribution < -0.4 is 0 Å². The third-order valence-corrected chi connectivity index (χ3v) is 4.10. The first-order valence-electron chi connectivity index (χ1n) is 7.03. The van der Waals surface area contributed by atoms with Crippen molar-refractivity contribution in [1.29, 1.82) is 0 Å². The number of halogens is 1. The first-order chi connectivity index (χ1) is 9.99. The third-order valence-electron chi connectivity index (χ3n) is 3.85. The molecule has 2 aromatic rings. The van der Waals surface area contributed by atoms with Crippen LogP contribution in [0, 0.1) is 6.92 Å². The largest absolute Gasteiger partial charge is 0.293 e. The molecule has 2 nitrogen and oxygen atoms in total. The lowest BCUT2D eigenvalue weighted by Crippen LogP contribution is -2.29. The van der Waals surface area contributed by atoms with Crippen molar-refractivity contribution in [1.82, 2.24) is 4.90 Å². The second-order valence-corrected chi connectivity index (χ2v) is 5.82. The SMILES string of the molecule is Cc1ccccc1C(=O)CN(C)C(C)c1ccc(Cl)cc1. The van der Waals surface area contributed by atoms with Gasteiger partial charge in [0.15, 0.2) is 5.78 Å². The summed E-state index contributed by atoms with van der Waals surface area (Å²) < 4.78 is 0. The van der Waals surface area contributed by atoms with E-state index in [-0.39, 0.29) is 11.8 Å². The van der Waals surface area contributed by atoms with E-state index in [1.54, 1.807) is 0 Å². The Labute approximate surface area is 131 Å². The van der Waals surface area contributed by atoms with Crippen LogP contribution in [0.15, 0.2) is 48.5 Å². The highest BCUT2D eigenvalue weighted by Gasteiger charge is 2.16. The van der Waals surface area contributed by atoms with Crippen LogP contribution in [0.3, 0.4) is 0 Å². The zero-order chi connectivity index (χ0) is 15.4. The number of aryl methyl sites for hydroxylation is 1. The van der Waals surface area contributed by atoms with Crippen molar-refractivity contribution in [3.05, 3.63) is 70.2 Å². The summed E-state index contributed by atoms with van der Waals surface area (Å²) in [4.78, 5) is 14.5. The van der Waals surface area contributed by atoms with Gasteiger partial charge in [-0.2, -0.15) is 0 Å². The Balaban J connectivity index is 2.07. The molecule has 0 aliphatic heterocycles. The number of carbonyl (C=O) groups is 1. The molecule has 110 valence electrons. The molecule has 0 spiro atoms. The van der Waals surface area contributed by atoms with Crippen molar-refractivity contribution in [2.45, 2.75) is 19.9 Å². The van der Waals surface area contributed by atoms with Crippen LogP contribution in [0.25, 0.3) is 0 Å². The monoisotopic (exact) mass is 301 g/mol. The van der Waals surface area contributed by atoms with Gasteiger partial charge >= 0.3 is 0 Å². The molecule has 0 N–H and O–H groups in total. The third kappa shape index (κ3) is 3.93. The topological polar surface area (TPSA) is 20.3 Å². The lowest BCUT2D eigenvalue weighted by molar-refractivity contribution is 0.0924. The molecular formula is C18H20ClNO. The fraction of sp³-hybridized carbons (Fsp3) is 0.278. The van der Waals surface area contributed by atoms with E-state index in [0.29, 0.717) is 6.54 Å². The standard InChI is InChI=1S/C18H20ClNO/c1-13-6-4-5-7-17(13)18(21)12-20(3)14(2)15-8-10-16(19)11-9-15/h4-11,14H,12H2,1-3H3. The van der Waals surface area contributed by atoms with Gasteiger partial charge in [0.25, 0.3) is 0 Å². The lowest BCUT2D eigenvalue weighted by Gasteiger charge is -2.24. The van der Waals surface area contributed by atoms with Gasteiger partial charge in [0.05, 0.1) is 6.54 Å². The van der Waals surface area contributed by atoms with Crippen LogP contribution in [-0.4, -0.2) is 24.3 Å². The molecule has 0 amide bonds. The first-order valence-corrected chi connectivity index (χ1v) is 7.41. The molecule has 0 heterocycles. The molecule has 0 saturated heterocycles. The number of hydrogen-bond acceptors (Lipinski definition) is 2. The smallest absolute Gasteiger partial charge is 0.177 e. The highest BCUT2D eigenvalue weighted by molar-refractivity contribution is 6.30. The first kappa shape index (κ1) is 15.7. The molecule has 0 bridgehead atoms. The average molecular weight is 302 g/mol. The van der Waals surface area contributed by atoms with E-state index in [1.807, 2.05) is 62.5 Å². The van der Waals surface area contributed by atoms with Crippen molar-refractivity contribution < 1.29 is 4.79 Å². The molecule has 2 rings (SSSR count). The van der Waals surface area contributed by atoms with Gasteiger partial charge < -0.3 is 0 Å². The summed E-state index contributed by atoms with van der Waals surface area (Å²) in [5, 5.41) is 0.726. The molecule has 0 fully saturated rings. The minimum Gasteiger partial charge on any atom is -0.293 e. The molecule has 0 aliphatic rings. The molecule has 0 aliphatic carbocycles. The Kier molecular flexibility index (Phi) is 5.16. The quantitative estimate of drug-likeness (QED) is 0.757. The number of likely N-dealkylation sites (N-methyl/N-ethyl adjacent to an activating group) is 1. The summed E-state index contributed by atoms with van der Waals surface area (Å²) in [6.07, 6.45) is 0. The summed E-state index contributed by atoms with van der Waals surface area (Å²) in [6.45, 7) is 4.46. The lowest BCUT2D eigenvalue weighted by atomic mass is 10.0. The molecule has 0 radical (unpaired) electrons. The molecule has 3 heteroatoms. The van der Waals surface area contributed by atoms with Gasteiger partial charge in [-0.25, -0.2) is 0 Å². The van der Waals surface area contributed by atoms with Gasteiger partial charge in [-0.05, 0) is 44.2 Å². The fourth-order valence-electron chi connectivity index (χ4n) is 2.33. The van der Waals surface area contributed by atoms with Gasteiger partial charge in [0, 0.05) is 16.6 Å². The van der Waals surface area contributed by atoms with Crippen LogP contribution in [0.4, 0.5) is 0 Å². The predicted molar refractivity (Wildman–Crippen MR) is 88.0 cm³/mol. The summed E-state index contributed by atoms with van der Waals surface area (Å²) in [5.74, 6) is 0.149. The summed E-state index contributed by atoms with van der Waals surface area (Å²) in [6, 6.07) is 15.6. The average Bonchev–Trinajstić information content (AvgIpc) is 2.47. The molecule has 0 saturated carbocycles. The van der Waals surface area contributed by atoms with E-state index < -0.39 is 0 Å². The van der Waals surface area contributed by atoms with Gasteiger partial charge in [0.2, 0.25) is 0 Å². The Hall–Kier alpha value is -1.64. The number of ketones is 1. The fourth-order valence-corrected chi connectivity index (χ4v) is 2.46. The Morgan fingerprint density at radius 3 is 2.38 bits per heavy atom. The van der Waals surface area contributed by atoms with Crippen molar-refractivity contribution in [2.24, 2.45) is 0 Å². The second kappa shape index (κ2) is 6.88. The normalized spacial score (nSPS) is 12.4. The van der Waals surface area contributed by atoms with Crippen molar-refractivity contribution in [2.75, 3.05) is 13.6 Å². The van der Waals surface area contributed by atoms with Crippen LogP contribution in [-0.2, 0) is 0 Å². The molecule has 1 unspecified atom stereocenters. The van der Waals surface area contributed by atoms with Crippen molar-refractivity contribution in [3.8, 4) is 0 Å². The van der Waals surface area contributed by atoms with Crippen LogP contribution >= 0.6 is 11.6 Å². The summed E-state index contributed by atoms with van der Waals surface area (Å²) in [5.41, 5.74) is 2.97. The van der Waals surface area contributed by atoms with E-state index >= 15 is 0 Å². The molecule has 1 atom stereocenters. The van der Waals surface area contributed by atoms with Gasteiger partial charge in [0.1, 0.15) is 0 Å². The zero-order valence-corrected chi connectivity index (χ0v) is 13.4. The van der Waals surface area contributed by atoms with E-state index in [2.05, 4.69) is 11.8 Å². The number of benzene rings is 2. The van der Waals surface area contributed by atoms with Crippen molar-refractivity contribution in [3.63, 3.8) is 0 Å². The van der Waals surface area contributed by atoms with Gasteiger partial charge in [-0.1, -0.05) is 48.0 Å². The predicted octanol–water partition coefficient (Wildman–Crippen LogP) is 4.52. The minimum absolute atomic E-state index is 0.149. The van der Waals surface area contributed by atoms with E-state index in [1.165, 1.54) is 0 Å².